The highest BCUT2D eigenvalue weighted by Gasteiger charge is 2.33. The van der Waals surface area contributed by atoms with E-state index in [4.69, 9.17) is 9.97 Å². The van der Waals surface area contributed by atoms with Crippen molar-refractivity contribution in [3.8, 4) is 0 Å². The van der Waals surface area contributed by atoms with E-state index in [1.807, 2.05) is 84.3 Å². The summed E-state index contributed by atoms with van der Waals surface area (Å²) in [6.45, 7) is 9.76. The highest BCUT2D eigenvalue weighted by molar-refractivity contribution is 7.52. The van der Waals surface area contributed by atoms with Gasteiger partial charge in [-0.05, 0) is 162 Å². The maximum Gasteiger partial charge on any atom is 0.339 e. The molecule has 4 aromatic rings. The predicted molar refractivity (Wildman–Crippen MR) is 442 cm³/mol. The lowest BCUT2D eigenvalue weighted by atomic mass is 10.0. The third kappa shape index (κ3) is 40.2. The number of likely N-dealkylation sites (N-methyl/N-ethyl adjacent to an activating group) is 2. The number of carbonyl (C=O) groups excluding carboxylic acids is 6. The topological polar surface area (TPSA) is 493 Å². The van der Waals surface area contributed by atoms with Crippen molar-refractivity contribution < 1.29 is 86.2 Å². The van der Waals surface area contributed by atoms with Crippen LogP contribution in [0, 0.1) is 13.8 Å². The minimum Gasteiger partial charge on any atom is -0.357 e. The maximum atomic E-state index is 14.6. The molecule has 2 aliphatic heterocycles. The summed E-state index contributed by atoms with van der Waals surface area (Å²) >= 11 is 0. The number of rotatable bonds is 44. The number of carbonyl (C=O) groups is 6. The number of benzene rings is 2. The zero-order chi connectivity index (χ0) is 84.1. The van der Waals surface area contributed by atoms with Crippen molar-refractivity contribution in [2.75, 3.05) is 197 Å². The average Bonchev–Trinajstić information content (AvgIpc) is 0.833. The molecule has 2 aromatic carbocycles. The zero-order valence-corrected chi connectivity index (χ0v) is 71.4. The van der Waals surface area contributed by atoms with Gasteiger partial charge in [0.05, 0.1) is 41.6 Å². The molecule has 0 radical (unpaired) electrons. The lowest BCUT2D eigenvalue weighted by molar-refractivity contribution is -0.134. The SMILES string of the molecule is CNCCCCC(NC(=O)C(CCCCNC(=O)CN1CCN(CP(=O)(O)O)CCN(Cc2ccc3cc(C)ccc3n2)CCN(CP(=O)(O)O)CC1)NC(=O)C(CCCCNC)NC(=O)C(CCCCNC(=O)CN1CCN(CP(=O)(O)O)CCN(Cc2ccc3cc(C)ccc3n2)CCN(CP(=O)(O)O)CC1)NC)C(=O)NC. The van der Waals surface area contributed by atoms with Gasteiger partial charge in [0.1, 0.15) is 43.3 Å². The Kier molecular flexibility index (Phi) is 42.9. The highest BCUT2D eigenvalue weighted by Crippen LogP contribution is 2.38. The van der Waals surface area contributed by atoms with Crippen LogP contribution in [0.3, 0.4) is 0 Å². The molecule has 0 aliphatic carbocycles. The third-order valence-corrected chi connectivity index (χ3v) is 23.4. The lowest BCUT2D eigenvalue weighted by Gasteiger charge is -2.34. The van der Waals surface area contributed by atoms with Gasteiger partial charge in [0, 0.05) is 149 Å². The van der Waals surface area contributed by atoms with E-state index in [9.17, 15) is 86.2 Å². The lowest BCUT2D eigenvalue weighted by Crippen LogP contribution is -2.57. The normalized spacial score (nSPS) is 17.4. The molecule has 115 heavy (non-hydrogen) atoms. The first-order valence-electron chi connectivity index (χ1n) is 39.9. The highest BCUT2D eigenvalue weighted by atomic mass is 31.2. The third-order valence-electron chi connectivity index (χ3n) is 20.3. The minimum atomic E-state index is -4.55. The number of amides is 6. The fourth-order valence-electron chi connectivity index (χ4n) is 14.0. The molecule has 2 aromatic heterocycles. The summed E-state index contributed by atoms with van der Waals surface area (Å²) in [6, 6.07) is 15.6. The summed E-state index contributed by atoms with van der Waals surface area (Å²) in [7, 11) is -11.5. The molecule has 0 bridgehead atoms. The van der Waals surface area contributed by atoms with Gasteiger partial charge in [-0.2, -0.15) is 0 Å². The predicted octanol–water partition coefficient (Wildman–Crippen LogP) is 0.225. The van der Waals surface area contributed by atoms with Crippen molar-refractivity contribution in [2.45, 2.75) is 128 Å². The zero-order valence-electron chi connectivity index (χ0n) is 67.8. The van der Waals surface area contributed by atoms with E-state index in [1.165, 1.54) is 7.05 Å². The molecule has 6 amide bonds. The van der Waals surface area contributed by atoms with Gasteiger partial charge in [-0.1, -0.05) is 35.4 Å². The fourth-order valence-corrected chi connectivity index (χ4v) is 17.2. The Bertz CT molecular complexity index is 3820. The number of aryl methyl sites for hydroxylation is 2. The van der Waals surface area contributed by atoms with Gasteiger partial charge < -0.3 is 87.0 Å². The molecule has 2 saturated heterocycles. The van der Waals surface area contributed by atoms with Crippen LogP contribution in [0.5, 0.6) is 0 Å². The number of aromatic nitrogens is 2. The molecule has 648 valence electrons. The van der Waals surface area contributed by atoms with Gasteiger partial charge >= 0.3 is 30.4 Å². The van der Waals surface area contributed by atoms with E-state index in [2.05, 4.69) is 47.9 Å². The molecule has 6 rings (SSSR count). The van der Waals surface area contributed by atoms with E-state index in [-0.39, 0.29) is 136 Å². The van der Waals surface area contributed by atoms with E-state index in [0.29, 0.717) is 104 Å². The number of nitrogens with zero attached hydrogens (tertiary/aromatic N) is 10. The van der Waals surface area contributed by atoms with E-state index < -0.39 is 109 Å². The van der Waals surface area contributed by atoms with Crippen molar-refractivity contribution in [3.05, 3.63) is 83.2 Å². The van der Waals surface area contributed by atoms with Crippen LogP contribution in [0.4, 0.5) is 0 Å². The molecule has 4 atom stereocenters. The van der Waals surface area contributed by atoms with Crippen LogP contribution >= 0.6 is 30.4 Å². The van der Waals surface area contributed by atoms with Gasteiger partial charge in [-0.3, -0.25) is 96.2 Å². The van der Waals surface area contributed by atoms with Crippen molar-refractivity contribution in [1.29, 1.82) is 0 Å². The van der Waals surface area contributed by atoms with E-state index in [0.717, 1.165) is 44.3 Å². The molecule has 0 saturated carbocycles. The van der Waals surface area contributed by atoms with Crippen LogP contribution in [-0.4, -0.2) is 345 Å². The number of hydrogen-bond donors (Lipinski definition) is 17. The Hall–Kier alpha value is -5.76. The van der Waals surface area contributed by atoms with Crippen molar-refractivity contribution in [1.82, 2.24) is 97.0 Å². The second kappa shape index (κ2) is 50.3. The van der Waals surface area contributed by atoms with Crippen LogP contribution in [0.1, 0.15) is 99.6 Å². The van der Waals surface area contributed by atoms with E-state index in [1.54, 1.807) is 50.5 Å². The molecule has 0 spiro atoms. The van der Waals surface area contributed by atoms with Gasteiger partial charge in [-0.15, -0.1) is 0 Å². The molecule has 2 fully saturated rings. The largest absolute Gasteiger partial charge is 0.357 e. The minimum absolute atomic E-state index is 0.0517. The number of pyridine rings is 2. The quantitative estimate of drug-likeness (QED) is 0.0208. The number of unbranched alkanes of at least 4 members (excludes halogenated alkanes) is 4. The Balaban J connectivity index is 1.06. The van der Waals surface area contributed by atoms with Gasteiger partial charge in [-0.25, -0.2) is 0 Å². The molecule has 4 heterocycles. The first-order valence-corrected chi connectivity index (χ1v) is 47.1. The van der Waals surface area contributed by atoms with Crippen molar-refractivity contribution >= 4 is 87.6 Å². The summed E-state index contributed by atoms with van der Waals surface area (Å²) in [5.41, 5.74) is 5.31. The monoisotopic (exact) mass is 1700 g/mol. The first kappa shape index (κ1) is 98.1. The summed E-state index contributed by atoms with van der Waals surface area (Å²) in [5.74, 6) is -2.96. The Morgan fingerprint density at radius 3 is 0.957 bits per heavy atom. The van der Waals surface area contributed by atoms with E-state index >= 15 is 0 Å². The fraction of sp³-hybridized carbons (Fsp3) is 0.676. The Morgan fingerprint density at radius 2 is 0.652 bits per heavy atom. The summed E-state index contributed by atoms with van der Waals surface area (Å²) in [5, 5.41) is 28.3. The first-order chi connectivity index (χ1) is 54.5. The van der Waals surface area contributed by atoms with Crippen LogP contribution in [0.25, 0.3) is 21.8 Å². The number of hydrogen-bond acceptors (Lipinski definition) is 23. The molecular weight excluding hydrogens is 1570 g/mol. The second-order valence-electron chi connectivity index (χ2n) is 30.3. The van der Waals surface area contributed by atoms with Gasteiger partial charge in [0.25, 0.3) is 0 Å². The van der Waals surface area contributed by atoms with Crippen molar-refractivity contribution in [3.63, 3.8) is 0 Å². The number of nitrogens with one attached hydrogen (secondary N) is 9. The molecular formula is C74H129N19O18P4. The standard InChI is InChI=1S/C74H129N19O18P4/c1-57-19-25-63-59(47-57)21-23-61(81-63)49-86-31-39-90(53-112(100,101)102)43-35-88(36-44-91(40-32-86)54-113(103,104)105)51-69(94)79-29-13-9-15-65(77-5)72(97)84-67(17-8-12-28-76-4)74(99)85-68(73(98)83-66(71(96)78-6)16-7-11-27-75-3)18-10-14-30-80-70(95)52-89-37-45-92(55-114(106,107)108)41-33-87(34-42-93(46-38-89)56-115(109,110)111)50-62-24-22-60-48-58(2)20-26-64(60)82-62/h19-26,47-48,65-68,75-77H,7-18,27-46,49-56H2,1-6H3,(H,78,96)(H,79,94)(H,80,95)(H,83,98)(H,84,97)(H,85,99)(H2,100,101,102)(H2,103,104,105)(H2,106,107,108)(H2,109,110,111). The van der Waals surface area contributed by atoms with Crippen molar-refractivity contribution in [2.24, 2.45) is 0 Å². The molecule has 2 aliphatic rings. The Morgan fingerprint density at radius 1 is 0.365 bits per heavy atom. The molecule has 4 unspecified atom stereocenters. The van der Waals surface area contributed by atoms with Crippen LogP contribution < -0.4 is 47.9 Å². The summed E-state index contributed by atoms with van der Waals surface area (Å²) < 4.78 is 49.9. The maximum absolute atomic E-state index is 14.6. The Labute approximate surface area is 676 Å². The second-order valence-corrected chi connectivity index (χ2v) is 36.8. The summed E-state index contributed by atoms with van der Waals surface area (Å²) in [4.78, 5) is 189. The van der Waals surface area contributed by atoms with Gasteiger partial charge in [0.2, 0.25) is 35.4 Å². The van der Waals surface area contributed by atoms with Gasteiger partial charge in [0.15, 0.2) is 0 Å². The molecule has 37 nitrogen and oxygen atoms in total. The molecule has 17 N–H and O–H groups in total. The number of fused-ring (bicyclic) bond motifs is 2. The van der Waals surface area contributed by atoms with Crippen LogP contribution in [0.2, 0.25) is 0 Å². The van der Waals surface area contributed by atoms with Crippen LogP contribution in [0.15, 0.2) is 60.7 Å². The average molecular weight is 1700 g/mol. The smallest absolute Gasteiger partial charge is 0.339 e. The summed E-state index contributed by atoms with van der Waals surface area (Å²) in [6.07, 6.45) is 2.65. The van der Waals surface area contributed by atoms with Crippen LogP contribution in [-0.2, 0) is 60.1 Å². The molecule has 41 heteroatoms.